The molecular weight excluding hydrogens is 436 g/mol. The van der Waals surface area contributed by atoms with E-state index in [9.17, 15) is 9.59 Å². The number of esters is 1. The number of carbonyl (C=O) groups excluding carboxylic acids is 2. The molecule has 3 aromatic heterocycles. The quantitative estimate of drug-likeness (QED) is 0.319. The minimum Gasteiger partial charge on any atom is -0.462 e. The van der Waals surface area contributed by atoms with Gasteiger partial charge in [0.1, 0.15) is 5.00 Å². The Bertz CT molecular complexity index is 1070. The molecule has 0 atom stereocenters. The van der Waals surface area contributed by atoms with E-state index >= 15 is 0 Å². The van der Waals surface area contributed by atoms with Gasteiger partial charge in [-0.05, 0) is 50.3 Å². The first-order chi connectivity index (χ1) is 15.1. The van der Waals surface area contributed by atoms with Crippen LogP contribution in [0.2, 0.25) is 0 Å². The topological polar surface area (TPSA) is 99.2 Å². The second kappa shape index (κ2) is 9.69. The first-order valence-electron chi connectivity index (χ1n) is 10.3. The number of carbonyl (C=O) groups is 2. The van der Waals surface area contributed by atoms with Gasteiger partial charge in [0.15, 0.2) is 16.7 Å². The Morgan fingerprint density at radius 3 is 2.90 bits per heavy atom. The van der Waals surface area contributed by atoms with Crippen LogP contribution in [0.1, 0.15) is 47.0 Å². The Morgan fingerprint density at radius 1 is 1.29 bits per heavy atom. The molecule has 0 bridgehead atoms. The number of thiophene rings is 1. The van der Waals surface area contributed by atoms with E-state index in [0.717, 1.165) is 37.7 Å². The summed E-state index contributed by atoms with van der Waals surface area (Å²) >= 11 is 2.78. The molecule has 0 radical (unpaired) electrons. The molecule has 0 spiro atoms. The third kappa shape index (κ3) is 4.69. The van der Waals surface area contributed by atoms with E-state index < -0.39 is 0 Å². The Hall–Kier alpha value is -2.59. The largest absolute Gasteiger partial charge is 0.462 e. The average molecular weight is 461 g/mol. The number of furan rings is 1. The molecule has 31 heavy (non-hydrogen) atoms. The molecule has 1 aliphatic rings. The third-order valence-corrected chi connectivity index (χ3v) is 7.29. The van der Waals surface area contributed by atoms with Gasteiger partial charge in [0, 0.05) is 11.9 Å². The van der Waals surface area contributed by atoms with Gasteiger partial charge in [0.05, 0.1) is 24.2 Å². The van der Waals surface area contributed by atoms with E-state index in [1.807, 2.05) is 13.1 Å². The molecule has 3 aromatic rings. The lowest BCUT2D eigenvalue weighted by atomic mass is 10.1. The maximum absolute atomic E-state index is 12.7. The summed E-state index contributed by atoms with van der Waals surface area (Å²) < 4.78 is 12.4. The van der Waals surface area contributed by atoms with Crippen LogP contribution in [-0.4, -0.2) is 39.0 Å². The van der Waals surface area contributed by atoms with Crippen molar-refractivity contribution in [1.82, 2.24) is 14.8 Å². The SMILES string of the molecule is CCOC(=O)c1c(NC(=O)CSc2nnc(-c3ccco3)n2C)sc2c1CCCCC2. The highest BCUT2D eigenvalue weighted by Crippen LogP contribution is 2.38. The van der Waals surface area contributed by atoms with Gasteiger partial charge in [0.25, 0.3) is 0 Å². The van der Waals surface area contributed by atoms with Crippen molar-refractivity contribution in [2.24, 2.45) is 7.05 Å². The van der Waals surface area contributed by atoms with Crippen LogP contribution in [0.25, 0.3) is 11.6 Å². The minimum absolute atomic E-state index is 0.148. The van der Waals surface area contributed by atoms with Crippen LogP contribution < -0.4 is 5.32 Å². The summed E-state index contributed by atoms with van der Waals surface area (Å²) in [7, 11) is 1.83. The van der Waals surface area contributed by atoms with E-state index in [0.29, 0.717) is 33.9 Å². The van der Waals surface area contributed by atoms with E-state index in [1.165, 1.54) is 28.0 Å². The number of hydrogen-bond donors (Lipinski definition) is 1. The lowest BCUT2D eigenvalue weighted by Crippen LogP contribution is -2.17. The number of aromatic nitrogens is 3. The molecule has 10 heteroatoms. The molecule has 3 heterocycles. The standard InChI is InChI=1S/C21H24N4O4S2/c1-3-28-20(27)17-13-8-5-4-6-10-15(13)31-19(17)22-16(26)12-30-21-24-23-18(25(21)2)14-9-7-11-29-14/h7,9,11H,3-6,8,10,12H2,1-2H3,(H,22,26). The van der Waals surface area contributed by atoms with Gasteiger partial charge in [-0.3, -0.25) is 4.79 Å². The van der Waals surface area contributed by atoms with E-state index in [1.54, 1.807) is 23.8 Å². The van der Waals surface area contributed by atoms with E-state index in [4.69, 9.17) is 9.15 Å². The summed E-state index contributed by atoms with van der Waals surface area (Å²) in [6.07, 6.45) is 6.66. The summed E-state index contributed by atoms with van der Waals surface area (Å²) in [4.78, 5) is 26.5. The van der Waals surface area contributed by atoms with Crippen molar-refractivity contribution < 1.29 is 18.7 Å². The number of hydrogen-bond acceptors (Lipinski definition) is 8. The lowest BCUT2D eigenvalue weighted by molar-refractivity contribution is -0.113. The van der Waals surface area contributed by atoms with Crippen LogP contribution in [0.5, 0.6) is 0 Å². The van der Waals surface area contributed by atoms with Gasteiger partial charge in [-0.2, -0.15) is 0 Å². The number of ether oxygens (including phenoxy) is 1. The van der Waals surface area contributed by atoms with Gasteiger partial charge >= 0.3 is 5.97 Å². The zero-order valence-corrected chi connectivity index (χ0v) is 19.1. The number of fused-ring (bicyclic) bond motifs is 1. The first kappa shape index (κ1) is 21.6. The van der Waals surface area contributed by atoms with Crippen LogP contribution >= 0.6 is 23.1 Å². The maximum Gasteiger partial charge on any atom is 0.341 e. The molecule has 4 rings (SSSR count). The van der Waals surface area contributed by atoms with Crippen molar-refractivity contribution in [3.05, 3.63) is 34.4 Å². The number of nitrogens with zero attached hydrogens (tertiary/aromatic N) is 3. The monoisotopic (exact) mass is 460 g/mol. The average Bonchev–Trinajstić information content (AvgIpc) is 3.43. The molecule has 1 aliphatic carbocycles. The summed E-state index contributed by atoms with van der Waals surface area (Å²) in [5.74, 6) is 0.801. The van der Waals surface area contributed by atoms with Crippen molar-refractivity contribution in [3.63, 3.8) is 0 Å². The van der Waals surface area contributed by atoms with Gasteiger partial charge < -0.3 is 19.0 Å². The maximum atomic E-state index is 12.7. The summed E-state index contributed by atoms with van der Waals surface area (Å²) in [5.41, 5.74) is 1.57. The molecule has 0 aromatic carbocycles. The van der Waals surface area contributed by atoms with Gasteiger partial charge in [-0.25, -0.2) is 4.79 Å². The fraction of sp³-hybridized carbons (Fsp3) is 0.429. The van der Waals surface area contributed by atoms with Crippen LogP contribution in [-0.2, 0) is 29.4 Å². The van der Waals surface area contributed by atoms with Crippen molar-refractivity contribution in [2.75, 3.05) is 17.7 Å². The normalized spacial score (nSPS) is 13.5. The second-order valence-corrected chi connectivity index (χ2v) is 9.22. The summed E-state index contributed by atoms with van der Waals surface area (Å²) in [6, 6.07) is 3.59. The third-order valence-electron chi connectivity index (χ3n) is 5.06. The predicted molar refractivity (Wildman–Crippen MR) is 120 cm³/mol. The van der Waals surface area contributed by atoms with Crippen molar-refractivity contribution in [2.45, 2.75) is 44.2 Å². The fourth-order valence-corrected chi connectivity index (χ4v) is 5.61. The number of aryl methyl sites for hydroxylation is 1. The van der Waals surface area contributed by atoms with Crippen molar-refractivity contribution in [1.29, 1.82) is 0 Å². The van der Waals surface area contributed by atoms with Crippen LogP contribution in [0.3, 0.4) is 0 Å². The lowest BCUT2D eigenvalue weighted by Gasteiger charge is -2.08. The predicted octanol–water partition coefficient (Wildman–Crippen LogP) is 4.31. The summed E-state index contributed by atoms with van der Waals surface area (Å²) in [6.45, 7) is 2.09. The highest BCUT2D eigenvalue weighted by molar-refractivity contribution is 7.99. The minimum atomic E-state index is -0.360. The number of amides is 1. The molecule has 1 amide bonds. The Morgan fingerprint density at radius 2 is 2.13 bits per heavy atom. The van der Waals surface area contributed by atoms with Crippen molar-refractivity contribution >= 4 is 40.0 Å². The number of thioether (sulfide) groups is 1. The first-order valence-corrected chi connectivity index (χ1v) is 12.1. The van der Waals surface area contributed by atoms with Gasteiger partial charge in [-0.15, -0.1) is 21.5 Å². The molecule has 0 saturated carbocycles. The molecule has 8 nitrogen and oxygen atoms in total. The fourth-order valence-electron chi connectivity index (χ4n) is 3.60. The molecule has 164 valence electrons. The van der Waals surface area contributed by atoms with Crippen LogP contribution in [0, 0.1) is 0 Å². The Balaban J connectivity index is 1.47. The van der Waals surface area contributed by atoms with Crippen LogP contribution in [0.15, 0.2) is 28.0 Å². The molecule has 1 N–H and O–H groups in total. The summed E-state index contributed by atoms with van der Waals surface area (Å²) in [5, 5.41) is 12.4. The van der Waals surface area contributed by atoms with Crippen molar-refractivity contribution in [3.8, 4) is 11.6 Å². The zero-order chi connectivity index (χ0) is 21.8. The molecule has 0 unspecified atom stereocenters. The van der Waals surface area contributed by atoms with Crippen LogP contribution in [0.4, 0.5) is 5.00 Å². The molecule has 0 fully saturated rings. The second-order valence-electron chi connectivity index (χ2n) is 7.17. The van der Waals surface area contributed by atoms with E-state index in [2.05, 4.69) is 15.5 Å². The van der Waals surface area contributed by atoms with E-state index in [-0.39, 0.29) is 17.6 Å². The Kier molecular flexibility index (Phi) is 6.77. The number of rotatable bonds is 7. The smallest absolute Gasteiger partial charge is 0.341 e. The molecule has 0 aliphatic heterocycles. The zero-order valence-electron chi connectivity index (χ0n) is 17.5. The molecular formula is C21H24N4O4S2. The number of anilines is 1. The van der Waals surface area contributed by atoms with Gasteiger partial charge in [0.2, 0.25) is 5.91 Å². The molecule has 0 saturated heterocycles. The van der Waals surface area contributed by atoms with Gasteiger partial charge in [-0.1, -0.05) is 18.2 Å². The Labute approximate surface area is 188 Å². The number of nitrogens with one attached hydrogen (secondary N) is 1. The highest BCUT2D eigenvalue weighted by Gasteiger charge is 2.26. The highest BCUT2D eigenvalue weighted by atomic mass is 32.2.